The molecule has 2 unspecified atom stereocenters. The molecule has 102 valence electrons. The van der Waals surface area contributed by atoms with Crippen molar-refractivity contribution in [3.05, 3.63) is 23.8 Å². The average molecular weight is 251 g/mol. The summed E-state index contributed by atoms with van der Waals surface area (Å²) in [6.45, 7) is 8.44. The van der Waals surface area contributed by atoms with Crippen molar-refractivity contribution in [1.29, 1.82) is 0 Å². The van der Waals surface area contributed by atoms with E-state index in [0.717, 1.165) is 24.4 Å². The Balaban J connectivity index is 2.93. The maximum absolute atomic E-state index is 5.96. The fourth-order valence-electron chi connectivity index (χ4n) is 1.91. The smallest absolute Gasteiger partial charge is 0.157 e. The van der Waals surface area contributed by atoms with Gasteiger partial charge in [-0.15, -0.1) is 0 Å². The molecule has 1 aromatic rings. The second kappa shape index (κ2) is 6.25. The molecule has 0 amide bonds. The van der Waals surface area contributed by atoms with Gasteiger partial charge in [0.1, 0.15) is 6.10 Å². The highest BCUT2D eigenvalue weighted by Crippen LogP contribution is 2.33. The molecule has 0 spiro atoms. The van der Waals surface area contributed by atoms with Gasteiger partial charge >= 0.3 is 0 Å². The first-order chi connectivity index (χ1) is 8.38. The zero-order valence-electron chi connectivity index (χ0n) is 12.1. The number of ether oxygens (including phenoxy) is 1. The van der Waals surface area contributed by atoms with E-state index in [1.54, 1.807) is 13.3 Å². The summed E-state index contributed by atoms with van der Waals surface area (Å²) in [5.41, 5.74) is 6.92. The molecular formula is C14H25N3O. The third-order valence-corrected chi connectivity index (χ3v) is 2.98. The predicted octanol–water partition coefficient (Wildman–Crippen LogP) is 2.49. The highest BCUT2D eigenvalue weighted by Gasteiger charge is 2.28. The molecule has 0 bridgehead atoms. The number of rotatable bonds is 5. The first-order valence-corrected chi connectivity index (χ1v) is 6.48. The fourth-order valence-corrected chi connectivity index (χ4v) is 1.91. The number of aromatic nitrogens is 2. The van der Waals surface area contributed by atoms with E-state index in [4.69, 9.17) is 10.5 Å². The van der Waals surface area contributed by atoms with Crippen LogP contribution in [0.25, 0.3) is 0 Å². The van der Waals surface area contributed by atoms with Gasteiger partial charge in [-0.3, -0.25) is 0 Å². The highest BCUT2D eigenvalue weighted by molar-refractivity contribution is 5.07. The molecule has 0 saturated carbocycles. The lowest BCUT2D eigenvalue weighted by molar-refractivity contribution is 0.00849. The molecule has 2 N–H and O–H groups in total. The van der Waals surface area contributed by atoms with E-state index in [2.05, 4.69) is 37.7 Å². The minimum Gasteiger partial charge on any atom is -0.373 e. The monoisotopic (exact) mass is 251 g/mol. The first kappa shape index (κ1) is 15.1. The number of methoxy groups -OCH3 is 1. The van der Waals surface area contributed by atoms with Crippen LogP contribution in [0, 0.1) is 5.41 Å². The molecule has 0 fully saturated rings. The predicted molar refractivity (Wildman–Crippen MR) is 73.2 cm³/mol. The molecule has 0 radical (unpaired) electrons. The van der Waals surface area contributed by atoms with Crippen LogP contribution in [0.2, 0.25) is 0 Å². The third kappa shape index (κ3) is 4.03. The molecule has 0 aliphatic carbocycles. The Morgan fingerprint density at radius 2 is 2.06 bits per heavy atom. The fraction of sp³-hybridized carbons (Fsp3) is 0.714. The Morgan fingerprint density at radius 3 is 2.56 bits per heavy atom. The summed E-state index contributed by atoms with van der Waals surface area (Å²) in [7, 11) is 1.70. The van der Waals surface area contributed by atoms with Crippen molar-refractivity contribution in [1.82, 2.24) is 9.97 Å². The summed E-state index contributed by atoms with van der Waals surface area (Å²) in [5, 5.41) is 0. The second-order valence-electron chi connectivity index (χ2n) is 5.76. The second-order valence-corrected chi connectivity index (χ2v) is 5.76. The normalized spacial score (nSPS) is 15.4. The van der Waals surface area contributed by atoms with Gasteiger partial charge in [-0.1, -0.05) is 27.7 Å². The van der Waals surface area contributed by atoms with Crippen LogP contribution >= 0.6 is 0 Å². The maximum Gasteiger partial charge on any atom is 0.157 e. The Kier molecular flexibility index (Phi) is 5.23. The van der Waals surface area contributed by atoms with Crippen LogP contribution in [0.15, 0.2) is 12.3 Å². The summed E-state index contributed by atoms with van der Waals surface area (Å²) in [6.07, 6.45) is 3.42. The van der Waals surface area contributed by atoms with Crippen LogP contribution in [0.1, 0.15) is 51.7 Å². The maximum atomic E-state index is 5.96. The zero-order valence-corrected chi connectivity index (χ0v) is 12.1. The Morgan fingerprint density at radius 1 is 1.39 bits per heavy atom. The van der Waals surface area contributed by atoms with E-state index in [9.17, 15) is 0 Å². The summed E-state index contributed by atoms with van der Waals surface area (Å²) < 4.78 is 5.53. The van der Waals surface area contributed by atoms with Gasteiger partial charge in [-0.25, -0.2) is 9.97 Å². The van der Waals surface area contributed by atoms with Crippen LogP contribution in [0.3, 0.4) is 0 Å². The summed E-state index contributed by atoms with van der Waals surface area (Å²) in [4.78, 5) is 8.92. The Labute approximate surface area is 110 Å². The summed E-state index contributed by atoms with van der Waals surface area (Å²) >= 11 is 0. The molecule has 0 aromatic carbocycles. The van der Waals surface area contributed by atoms with E-state index in [1.807, 2.05) is 6.07 Å². The van der Waals surface area contributed by atoms with Crippen molar-refractivity contribution in [2.75, 3.05) is 7.11 Å². The number of nitrogens with zero attached hydrogens (tertiary/aromatic N) is 2. The molecule has 1 heterocycles. The molecule has 4 nitrogen and oxygen atoms in total. The van der Waals surface area contributed by atoms with Gasteiger partial charge in [-0.05, 0) is 17.9 Å². The SMILES string of the molecule is CCC(N)Cc1ccnc(C(OC)C(C)(C)C)n1. The lowest BCUT2D eigenvalue weighted by Crippen LogP contribution is -2.25. The molecule has 2 atom stereocenters. The Hall–Kier alpha value is -1.00. The quantitative estimate of drug-likeness (QED) is 0.873. The van der Waals surface area contributed by atoms with Crippen molar-refractivity contribution in [3.8, 4) is 0 Å². The van der Waals surface area contributed by atoms with Gasteiger partial charge in [0.15, 0.2) is 5.82 Å². The molecule has 1 aromatic heterocycles. The average Bonchev–Trinajstić information content (AvgIpc) is 2.28. The van der Waals surface area contributed by atoms with Crippen LogP contribution < -0.4 is 5.73 Å². The largest absolute Gasteiger partial charge is 0.373 e. The lowest BCUT2D eigenvalue weighted by Gasteiger charge is -2.28. The molecule has 18 heavy (non-hydrogen) atoms. The van der Waals surface area contributed by atoms with Crippen LogP contribution in [-0.2, 0) is 11.2 Å². The van der Waals surface area contributed by atoms with Crippen molar-refractivity contribution in [2.45, 2.75) is 52.7 Å². The van der Waals surface area contributed by atoms with Gasteiger partial charge in [0.2, 0.25) is 0 Å². The van der Waals surface area contributed by atoms with E-state index in [-0.39, 0.29) is 17.6 Å². The molecule has 0 saturated heterocycles. The van der Waals surface area contributed by atoms with Gasteiger partial charge in [0.05, 0.1) is 0 Å². The van der Waals surface area contributed by atoms with Crippen molar-refractivity contribution in [2.24, 2.45) is 11.1 Å². The van der Waals surface area contributed by atoms with Gasteiger partial charge in [-0.2, -0.15) is 0 Å². The van der Waals surface area contributed by atoms with Crippen LogP contribution in [0.5, 0.6) is 0 Å². The van der Waals surface area contributed by atoms with E-state index in [0.29, 0.717) is 0 Å². The minimum absolute atomic E-state index is 0.0275. The molecule has 1 rings (SSSR count). The number of hydrogen-bond donors (Lipinski definition) is 1. The van der Waals surface area contributed by atoms with E-state index in [1.165, 1.54) is 0 Å². The molecular weight excluding hydrogens is 226 g/mol. The topological polar surface area (TPSA) is 61.0 Å². The lowest BCUT2D eigenvalue weighted by atomic mass is 9.88. The molecule has 0 aliphatic heterocycles. The number of nitrogens with two attached hydrogens (primary N) is 1. The van der Waals surface area contributed by atoms with Gasteiger partial charge in [0, 0.05) is 31.5 Å². The number of hydrogen-bond acceptors (Lipinski definition) is 4. The van der Waals surface area contributed by atoms with Crippen molar-refractivity contribution in [3.63, 3.8) is 0 Å². The van der Waals surface area contributed by atoms with Crippen molar-refractivity contribution >= 4 is 0 Å². The van der Waals surface area contributed by atoms with E-state index >= 15 is 0 Å². The van der Waals surface area contributed by atoms with Crippen LogP contribution in [-0.4, -0.2) is 23.1 Å². The van der Waals surface area contributed by atoms with Crippen molar-refractivity contribution < 1.29 is 4.74 Å². The molecule has 4 heteroatoms. The van der Waals surface area contributed by atoms with Gasteiger partial charge in [0.25, 0.3) is 0 Å². The summed E-state index contributed by atoms with van der Waals surface area (Å²) in [6, 6.07) is 2.08. The highest BCUT2D eigenvalue weighted by atomic mass is 16.5. The zero-order chi connectivity index (χ0) is 13.8. The molecule has 0 aliphatic rings. The summed E-state index contributed by atoms with van der Waals surface area (Å²) in [5.74, 6) is 0.741. The first-order valence-electron chi connectivity index (χ1n) is 6.48. The Bertz CT molecular complexity index is 374. The van der Waals surface area contributed by atoms with Crippen LogP contribution in [0.4, 0.5) is 0 Å². The third-order valence-electron chi connectivity index (χ3n) is 2.98. The standard InChI is InChI=1S/C14H25N3O/c1-6-10(15)9-11-7-8-16-13(17-11)12(18-5)14(2,3)4/h7-8,10,12H,6,9,15H2,1-5H3. The minimum atomic E-state index is -0.102. The van der Waals surface area contributed by atoms with E-state index < -0.39 is 0 Å². The van der Waals surface area contributed by atoms with Gasteiger partial charge < -0.3 is 10.5 Å².